The van der Waals surface area contributed by atoms with E-state index in [0.717, 1.165) is 31.6 Å². The lowest BCUT2D eigenvalue weighted by atomic mass is 9.89. The van der Waals surface area contributed by atoms with E-state index >= 15 is 0 Å². The second-order valence-electron chi connectivity index (χ2n) is 6.32. The molecule has 114 valence electrons. The summed E-state index contributed by atoms with van der Waals surface area (Å²) in [7, 11) is 0. The van der Waals surface area contributed by atoms with Crippen molar-refractivity contribution in [1.82, 2.24) is 10.2 Å². The van der Waals surface area contributed by atoms with Crippen molar-refractivity contribution < 1.29 is 14.6 Å². The van der Waals surface area contributed by atoms with Gasteiger partial charge in [-0.15, -0.1) is 0 Å². The molecule has 2 saturated heterocycles. The van der Waals surface area contributed by atoms with Crippen molar-refractivity contribution in [2.24, 2.45) is 0 Å². The van der Waals surface area contributed by atoms with Crippen LogP contribution in [0.25, 0.3) is 0 Å². The van der Waals surface area contributed by atoms with E-state index in [4.69, 9.17) is 4.74 Å². The Kier molecular flexibility index (Phi) is 3.87. The summed E-state index contributed by atoms with van der Waals surface area (Å²) < 4.78 is 5.28. The summed E-state index contributed by atoms with van der Waals surface area (Å²) in [4.78, 5) is 13.0. The molecule has 1 aromatic rings. The molecule has 2 N–H and O–H groups in total. The highest BCUT2D eigenvalue weighted by molar-refractivity contribution is 5.66. The van der Waals surface area contributed by atoms with Crippen LogP contribution < -0.4 is 5.32 Å². The molecule has 2 heterocycles. The first-order valence-electron chi connectivity index (χ1n) is 7.47. The van der Waals surface area contributed by atoms with Gasteiger partial charge in [0, 0.05) is 12.6 Å². The number of hydrogen-bond acceptors (Lipinski definition) is 3. The third-order valence-electron chi connectivity index (χ3n) is 4.43. The molecule has 3 rings (SSSR count). The molecule has 2 fully saturated rings. The molecule has 2 unspecified atom stereocenters. The topological polar surface area (TPSA) is 61.8 Å². The van der Waals surface area contributed by atoms with Gasteiger partial charge >= 0.3 is 6.09 Å². The van der Waals surface area contributed by atoms with E-state index in [2.05, 4.69) is 12.2 Å². The van der Waals surface area contributed by atoms with E-state index in [9.17, 15) is 9.90 Å². The molecular weight excluding hydrogens is 268 g/mol. The first kappa shape index (κ1) is 14.4. The minimum atomic E-state index is -0.833. The molecule has 5 heteroatoms. The molecule has 0 spiro atoms. The Morgan fingerprint density at radius 2 is 2.10 bits per heavy atom. The van der Waals surface area contributed by atoms with E-state index in [1.807, 2.05) is 30.3 Å². The van der Waals surface area contributed by atoms with Crippen LogP contribution in [0.1, 0.15) is 31.4 Å². The zero-order valence-corrected chi connectivity index (χ0v) is 12.3. The number of ether oxygens (including phenoxy) is 1. The summed E-state index contributed by atoms with van der Waals surface area (Å²) in [6.45, 7) is 4.21. The highest BCUT2D eigenvalue weighted by atomic mass is 16.5. The quantitative estimate of drug-likeness (QED) is 0.896. The van der Waals surface area contributed by atoms with E-state index in [-0.39, 0.29) is 11.6 Å². The summed E-state index contributed by atoms with van der Waals surface area (Å²) in [6, 6.07) is 10.2. The number of benzene rings is 1. The fraction of sp³-hybridized carbons (Fsp3) is 0.562. The van der Waals surface area contributed by atoms with Crippen molar-refractivity contribution in [3.05, 3.63) is 35.9 Å². The van der Waals surface area contributed by atoms with Crippen molar-refractivity contribution in [3.63, 3.8) is 0 Å². The second kappa shape index (κ2) is 5.66. The van der Waals surface area contributed by atoms with Crippen molar-refractivity contribution in [3.8, 4) is 0 Å². The van der Waals surface area contributed by atoms with Gasteiger partial charge in [-0.2, -0.15) is 0 Å². The van der Waals surface area contributed by atoms with Gasteiger partial charge in [0.15, 0.2) is 0 Å². The molecule has 1 aromatic carbocycles. The molecule has 1 amide bonds. The Labute approximate surface area is 124 Å². The summed E-state index contributed by atoms with van der Waals surface area (Å²) >= 11 is 0. The van der Waals surface area contributed by atoms with Crippen LogP contribution >= 0.6 is 0 Å². The minimum Gasteiger partial charge on any atom is -0.465 e. The number of carboxylic acid groups (broad SMARTS) is 1. The maximum Gasteiger partial charge on any atom is 0.407 e. The number of amides is 1. The zero-order chi connectivity index (χ0) is 14.9. The van der Waals surface area contributed by atoms with E-state index in [0.29, 0.717) is 12.6 Å². The van der Waals surface area contributed by atoms with Crippen LogP contribution in [0.4, 0.5) is 4.79 Å². The number of piperidine rings is 1. The smallest absolute Gasteiger partial charge is 0.407 e. The summed E-state index contributed by atoms with van der Waals surface area (Å²) in [5, 5.41) is 13.1. The predicted molar refractivity (Wildman–Crippen MR) is 79.3 cm³/mol. The SMILES string of the molecule is CC1(NC2CCN(C(=O)O)C(c3ccccc3)C2)COC1. The van der Waals surface area contributed by atoms with Crippen molar-refractivity contribution >= 4 is 6.09 Å². The van der Waals surface area contributed by atoms with Crippen molar-refractivity contribution in [1.29, 1.82) is 0 Å². The van der Waals surface area contributed by atoms with E-state index < -0.39 is 6.09 Å². The highest BCUT2D eigenvalue weighted by Gasteiger charge is 2.39. The third kappa shape index (κ3) is 3.04. The molecule has 2 aliphatic heterocycles. The maximum atomic E-state index is 11.5. The first-order valence-corrected chi connectivity index (χ1v) is 7.47. The van der Waals surface area contributed by atoms with Crippen LogP contribution in [-0.4, -0.2) is 47.4 Å². The van der Waals surface area contributed by atoms with Crippen LogP contribution in [0.3, 0.4) is 0 Å². The number of nitrogens with one attached hydrogen (secondary N) is 1. The lowest BCUT2D eigenvalue weighted by Gasteiger charge is -2.45. The molecule has 0 radical (unpaired) electrons. The number of carbonyl (C=O) groups is 1. The van der Waals surface area contributed by atoms with Gasteiger partial charge in [-0.05, 0) is 25.3 Å². The number of likely N-dealkylation sites (tertiary alicyclic amines) is 1. The van der Waals surface area contributed by atoms with Crippen LogP contribution in [0, 0.1) is 0 Å². The van der Waals surface area contributed by atoms with Gasteiger partial charge in [-0.25, -0.2) is 4.79 Å². The van der Waals surface area contributed by atoms with Crippen LogP contribution in [0.15, 0.2) is 30.3 Å². The van der Waals surface area contributed by atoms with Crippen LogP contribution in [0.5, 0.6) is 0 Å². The van der Waals surface area contributed by atoms with Gasteiger partial charge in [0.1, 0.15) is 0 Å². The second-order valence-corrected chi connectivity index (χ2v) is 6.32. The number of nitrogens with zero attached hydrogens (tertiary/aromatic N) is 1. The van der Waals surface area contributed by atoms with Gasteiger partial charge in [-0.1, -0.05) is 30.3 Å². The summed E-state index contributed by atoms with van der Waals surface area (Å²) in [5.74, 6) is 0. The Bertz CT molecular complexity index is 502. The molecule has 2 aliphatic rings. The van der Waals surface area contributed by atoms with Crippen LogP contribution in [0.2, 0.25) is 0 Å². The number of rotatable bonds is 3. The maximum absolute atomic E-state index is 11.5. The van der Waals surface area contributed by atoms with Crippen LogP contribution in [-0.2, 0) is 4.74 Å². The monoisotopic (exact) mass is 290 g/mol. The normalized spacial score (nSPS) is 28.0. The van der Waals surface area contributed by atoms with Gasteiger partial charge in [-0.3, -0.25) is 0 Å². The largest absolute Gasteiger partial charge is 0.465 e. The summed E-state index contributed by atoms with van der Waals surface area (Å²) in [5.41, 5.74) is 1.12. The van der Waals surface area contributed by atoms with Crippen molar-refractivity contribution in [2.45, 2.75) is 37.4 Å². The lowest BCUT2D eigenvalue weighted by Crippen LogP contribution is -2.62. The predicted octanol–water partition coefficient (Wildman–Crippen LogP) is 2.25. The Morgan fingerprint density at radius 3 is 2.67 bits per heavy atom. The van der Waals surface area contributed by atoms with E-state index in [1.54, 1.807) is 4.90 Å². The summed E-state index contributed by atoms with van der Waals surface area (Å²) in [6.07, 6.45) is 0.831. The number of hydrogen-bond donors (Lipinski definition) is 2. The van der Waals surface area contributed by atoms with Gasteiger partial charge < -0.3 is 20.1 Å². The average Bonchev–Trinajstić information content (AvgIpc) is 2.46. The third-order valence-corrected chi connectivity index (χ3v) is 4.43. The Hall–Kier alpha value is -1.59. The molecular formula is C16H22N2O3. The van der Waals surface area contributed by atoms with Gasteiger partial charge in [0.2, 0.25) is 0 Å². The average molecular weight is 290 g/mol. The van der Waals surface area contributed by atoms with Gasteiger partial charge in [0.25, 0.3) is 0 Å². The molecule has 2 atom stereocenters. The Balaban J connectivity index is 1.74. The van der Waals surface area contributed by atoms with E-state index in [1.165, 1.54) is 0 Å². The molecule has 21 heavy (non-hydrogen) atoms. The Morgan fingerprint density at radius 1 is 1.38 bits per heavy atom. The highest BCUT2D eigenvalue weighted by Crippen LogP contribution is 2.32. The molecule has 5 nitrogen and oxygen atoms in total. The lowest BCUT2D eigenvalue weighted by molar-refractivity contribution is -0.0734. The van der Waals surface area contributed by atoms with Crippen molar-refractivity contribution in [2.75, 3.05) is 19.8 Å². The zero-order valence-electron chi connectivity index (χ0n) is 12.3. The fourth-order valence-corrected chi connectivity index (χ4v) is 3.30. The molecule has 0 saturated carbocycles. The molecule has 0 aliphatic carbocycles. The molecule has 0 aromatic heterocycles. The standard InChI is InChI=1S/C16H22N2O3/c1-16(10-21-11-16)17-13-7-8-18(15(19)20)14(9-13)12-5-3-2-4-6-12/h2-6,13-14,17H,7-11H2,1H3,(H,19,20). The molecule has 0 bridgehead atoms. The van der Waals surface area contributed by atoms with Gasteiger partial charge in [0.05, 0.1) is 24.8 Å². The minimum absolute atomic E-state index is 0.0529. The first-order chi connectivity index (χ1) is 10.1. The fourth-order valence-electron chi connectivity index (χ4n) is 3.30.